The van der Waals surface area contributed by atoms with E-state index in [0.29, 0.717) is 5.75 Å². The van der Waals surface area contributed by atoms with Gasteiger partial charge in [0, 0.05) is 6.42 Å². The van der Waals surface area contributed by atoms with Crippen molar-refractivity contribution in [1.29, 1.82) is 0 Å². The Balaban J connectivity index is 1.79. The number of carboxylic acids is 1. The molecule has 5 heteroatoms. The Bertz CT molecular complexity index is 683. The van der Waals surface area contributed by atoms with E-state index in [-0.39, 0.29) is 25.4 Å². The number of ether oxygens (including phenoxy) is 1. The van der Waals surface area contributed by atoms with Crippen molar-refractivity contribution in [2.24, 2.45) is 0 Å². The van der Waals surface area contributed by atoms with E-state index in [0.717, 1.165) is 12.0 Å². The van der Waals surface area contributed by atoms with Crippen LogP contribution in [0.5, 0.6) is 5.75 Å². The van der Waals surface area contributed by atoms with Crippen molar-refractivity contribution in [2.75, 3.05) is 6.61 Å². The van der Waals surface area contributed by atoms with Gasteiger partial charge < -0.3 is 15.2 Å². The highest BCUT2D eigenvalue weighted by molar-refractivity contribution is 5.83. The van der Waals surface area contributed by atoms with E-state index in [1.54, 1.807) is 0 Å². The van der Waals surface area contributed by atoms with Crippen LogP contribution < -0.4 is 10.1 Å². The molecule has 0 bridgehead atoms. The van der Waals surface area contributed by atoms with Gasteiger partial charge >= 0.3 is 5.97 Å². The van der Waals surface area contributed by atoms with Crippen LogP contribution >= 0.6 is 0 Å². The first kappa shape index (κ1) is 18.5. The smallest absolute Gasteiger partial charge is 0.326 e. The standard InChI is InChI=1S/C20H23NO4/c1-2-15-8-10-17(11-9-15)25-13-12-19(22)21-18(20(23)24)14-16-6-4-3-5-7-16/h3-11,18H,2,12-14H2,1H3,(H,21,22)(H,23,24). The van der Waals surface area contributed by atoms with Crippen LogP contribution in [-0.2, 0) is 22.4 Å². The van der Waals surface area contributed by atoms with Crippen molar-refractivity contribution < 1.29 is 19.4 Å². The molecule has 1 unspecified atom stereocenters. The molecule has 2 rings (SSSR count). The van der Waals surface area contributed by atoms with Crippen molar-refractivity contribution in [3.05, 3.63) is 65.7 Å². The van der Waals surface area contributed by atoms with E-state index >= 15 is 0 Å². The molecule has 5 nitrogen and oxygen atoms in total. The number of nitrogens with one attached hydrogen (secondary N) is 1. The molecule has 1 atom stereocenters. The zero-order valence-electron chi connectivity index (χ0n) is 14.3. The monoisotopic (exact) mass is 341 g/mol. The third-order valence-corrected chi connectivity index (χ3v) is 3.85. The minimum absolute atomic E-state index is 0.105. The van der Waals surface area contributed by atoms with Crippen LogP contribution in [0.25, 0.3) is 0 Å². The average Bonchev–Trinajstić information content (AvgIpc) is 2.62. The van der Waals surface area contributed by atoms with Crippen LogP contribution in [0.4, 0.5) is 0 Å². The van der Waals surface area contributed by atoms with Crippen molar-refractivity contribution in [3.8, 4) is 5.75 Å². The number of rotatable bonds is 9. The quantitative estimate of drug-likeness (QED) is 0.735. The average molecular weight is 341 g/mol. The number of carbonyl (C=O) groups is 2. The summed E-state index contributed by atoms with van der Waals surface area (Å²) in [4.78, 5) is 23.3. The molecule has 0 aliphatic heterocycles. The van der Waals surface area contributed by atoms with Gasteiger partial charge in [0.25, 0.3) is 0 Å². The number of hydrogen-bond acceptors (Lipinski definition) is 3. The molecule has 0 heterocycles. The number of amides is 1. The number of carboxylic acid groups (broad SMARTS) is 1. The molecule has 0 fully saturated rings. The van der Waals surface area contributed by atoms with Gasteiger partial charge in [-0.25, -0.2) is 4.79 Å². The molecular weight excluding hydrogens is 318 g/mol. The van der Waals surface area contributed by atoms with Crippen LogP contribution in [0.15, 0.2) is 54.6 Å². The summed E-state index contributed by atoms with van der Waals surface area (Å²) >= 11 is 0. The molecule has 132 valence electrons. The van der Waals surface area contributed by atoms with Gasteiger partial charge in [0.1, 0.15) is 11.8 Å². The molecule has 0 saturated carbocycles. The van der Waals surface area contributed by atoms with Crippen molar-refractivity contribution >= 4 is 11.9 Å². The second kappa shape index (κ2) is 9.47. The Labute approximate surface area is 147 Å². The molecule has 0 aromatic heterocycles. The molecular formula is C20H23NO4. The van der Waals surface area contributed by atoms with Crippen LogP contribution in [-0.4, -0.2) is 29.6 Å². The molecule has 2 aromatic carbocycles. The maximum absolute atomic E-state index is 12.0. The Hall–Kier alpha value is -2.82. The number of aliphatic carboxylic acids is 1. The largest absolute Gasteiger partial charge is 0.493 e. The van der Waals surface area contributed by atoms with E-state index < -0.39 is 12.0 Å². The summed E-state index contributed by atoms with van der Waals surface area (Å²) in [5.41, 5.74) is 2.08. The molecule has 0 saturated heterocycles. The first-order chi connectivity index (χ1) is 12.1. The number of carbonyl (C=O) groups excluding carboxylic acids is 1. The fourth-order valence-electron chi connectivity index (χ4n) is 2.40. The lowest BCUT2D eigenvalue weighted by molar-refractivity contribution is -0.141. The lowest BCUT2D eigenvalue weighted by Gasteiger charge is -2.15. The van der Waals surface area contributed by atoms with Gasteiger partial charge in [-0.15, -0.1) is 0 Å². The summed E-state index contributed by atoms with van der Waals surface area (Å²) in [5.74, 6) is -0.689. The van der Waals surface area contributed by atoms with Gasteiger partial charge in [-0.3, -0.25) is 4.79 Å². The summed E-state index contributed by atoms with van der Waals surface area (Å²) in [7, 11) is 0. The second-order valence-electron chi connectivity index (χ2n) is 5.74. The lowest BCUT2D eigenvalue weighted by Crippen LogP contribution is -2.42. The van der Waals surface area contributed by atoms with Crippen LogP contribution in [0.3, 0.4) is 0 Å². The maximum atomic E-state index is 12.0. The normalized spacial score (nSPS) is 11.6. The summed E-state index contributed by atoms with van der Waals surface area (Å²) in [5, 5.41) is 11.8. The fraction of sp³-hybridized carbons (Fsp3) is 0.300. The van der Waals surface area contributed by atoms with E-state index in [2.05, 4.69) is 12.2 Å². The molecule has 0 spiro atoms. The minimum Gasteiger partial charge on any atom is -0.493 e. The van der Waals surface area contributed by atoms with Crippen LogP contribution in [0.2, 0.25) is 0 Å². The second-order valence-corrected chi connectivity index (χ2v) is 5.74. The lowest BCUT2D eigenvalue weighted by atomic mass is 10.1. The van der Waals surface area contributed by atoms with Crippen LogP contribution in [0, 0.1) is 0 Å². The highest BCUT2D eigenvalue weighted by Gasteiger charge is 2.20. The Morgan fingerprint density at radius 2 is 1.72 bits per heavy atom. The molecule has 0 radical (unpaired) electrons. The molecule has 2 aromatic rings. The zero-order chi connectivity index (χ0) is 18.1. The van der Waals surface area contributed by atoms with Gasteiger partial charge in [0.2, 0.25) is 5.91 Å². The van der Waals surface area contributed by atoms with Gasteiger partial charge in [0.05, 0.1) is 13.0 Å². The van der Waals surface area contributed by atoms with Gasteiger partial charge in [-0.2, -0.15) is 0 Å². The first-order valence-corrected chi connectivity index (χ1v) is 8.36. The van der Waals surface area contributed by atoms with Crippen LogP contribution in [0.1, 0.15) is 24.5 Å². The highest BCUT2D eigenvalue weighted by atomic mass is 16.5. The predicted octanol–water partition coefficient (Wildman–Crippen LogP) is 2.83. The molecule has 0 aliphatic carbocycles. The Morgan fingerprint density at radius 3 is 2.32 bits per heavy atom. The summed E-state index contributed by atoms with van der Waals surface area (Å²) in [6.45, 7) is 2.28. The van der Waals surface area contributed by atoms with E-state index in [1.807, 2.05) is 54.6 Å². The van der Waals surface area contributed by atoms with Crippen molar-refractivity contribution in [2.45, 2.75) is 32.2 Å². The van der Waals surface area contributed by atoms with Gasteiger partial charge in [-0.05, 0) is 29.7 Å². The zero-order valence-corrected chi connectivity index (χ0v) is 14.3. The van der Waals surface area contributed by atoms with Gasteiger partial charge in [-0.1, -0.05) is 49.4 Å². The predicted molar refractivity (Wildman–Crippen MR) is 95.6 cm³/mol. The third kappa shape index (κ3) is 6.30. The number of benzene rings is 2. The maximum Gasteiger partial charge on any atom is 0.326 e. The van der Waals surface area contributed by atoms with Crippen molar-refractivity contribution in [1.82, 2.24) is 5.32 Å². The highest BCUT2D eigenvalue weighted by Crippen LogP contribution is 2.12. The van der Waals surface area contributed by atoms with Gasteiger partial charge in [0.15, 0.2) is 0 Å². The SMILES string of the molecule is CCc1ccc(OCCC(=O)NC(Cc2ccccc2)C(=O)O)cc1. The number of aryl methyl sites for hydroxylation is 1. The first-order valence-electron chi connectivity index (χ1n) is 8.36. The fourth-order valence-corrected chi connectivity index (χ4v) is 2.40. The molecule has 1 amide bonds. The molecule has 2 N–H and O–H groups in total. The van der Waals surface area contributed by atoms with E-state index in [1.165, 1.54) is 5.56 Å². The third-order valence-electron chi connectivity index (χ3n) is 3.85. The summed E-state index contributed by atoms with van der Waals surface area (Å²) in [6, 6.07) is 16.0. The number of hydrogen-bond donors (Lipinski definition) is 2. The summed E-state index contributed by atoms with van der Waals surface area (Å²) < 4.78 is 5.53. The Kier molecular flexibility index (Phi) is 7.01. The van der Waals surface area contributed by atoms with Crippen molar-refractivity contribution in [3.63, 3.8) is 0 Å². The Morgan fingerprint density at radius 1 is 1.04 bits per heavy atom. The van der Waals surface area contributed by atoms with E-state index in [4.69, 9.17) is 4.74 Å². The summed E-state index contributed by atoms with van der Waals surface area (Å²) in [6.07, 6.45) is 1.32. The van der Waals surface area contributed by atoms with E-state index in [9.17, 15) is 14.7 Å². The topological polar surface area (TPSA) is 75.6 Å². The molecule has 25 heavy (non-hydrogen) atoms. The minimum atomic E-state index is -1.05. The molecule has 0 aliphatic rings.